The SMILES string of the molecule is CCCCCCCCCCCC/C=C/COC[C@H]1OC[C@H](O)[C@@H](O)[C@@H]1O. The van der Waals surface area contributed by atoms with Crippen molar-refractivity contribution in [1.29, 1.82) is 0 Å². The Labute approximate surface area is 159 Å². The monoisotopic (exact) mass is 372 g/mol. The Bertz CT molecular complexity index is 347. The third kappa shape index (κ3) is 10.6. The van der Waals surface area contributed by atoms with Crippen LogP contribution in [0.25, 0.3) is 0 Å². The Hall–Kier alpha value is -0.460. The summed E-state index contributed by atoms with van der Waals surface area (Å²) in [6.07, 6.45) is 14.8. The molecule has 3 N–H and O–H groups in total. The predicted molar refractivity (Wildman–Crippen MR) is 104 cm³/mol. The van der Waals surface area contributed by atoms with Crippen molar-refractivity contribution in [2.75, 3.05) is 19.8 Å². The van der Waals surface area contributed by atoms with Gasteiger partial charge in [0.1, 0.15) is 24.4 Å². The lowest BCUT2D eigenvalue weighted by Gasteiger charge is -2.34. The average molecular weight is 373 g/mol. The number of unbranched alkanes of at least 4 members (excludes halogenated alkanes) is 10. The van der Waals surface area contributed by atoms with Crippen LogP contribution in [0.15, 0.2) is 12.2 Å². The largest absolute Gasteiger partial charge is 0.388 e. The topological polar surface area (TPSA) is 79.2 Å². The summed E-state index contributed by atoms with van der Waals surface area (Å²) < 4.78 is 10.7. The van der Waals surface area contributed by atoms with Crippen molar-refractivity contribution in [2.24, 2.45) is 0 Å². The Morgan fingerprint density at radius 2 is 1.46 bits per heavy atom. The lowest BCUT2D eigenvalue weighted by Crippen LogP contribution is -2.54. The third-order valence-electron chi connectivity index (χ3n) is 4.99. The molecule has 5 heteroatoms. The number of aliphatic hydroxyl groups is 3. The minimum atomic E-state index is -1.16. The lowest BCUT2D eigenvalue weighted by molar-refractivity contribution is -0.198. The molecule has 154 valence electrons. The highest BCUT2D eigenvalue weighted by atomic mass is 16.6. The van der Waals surface area contributed by atoms with Crippen molar-refractivity contribution in [3.05, 3.63) is 12.2 Å². The minimum absolute atomic E-state index is 0.0286. The Balaban J connectivity index is 1.86. The van der Waals surface area contributed by atoms with Gasteiger partial charge in [0.2, 0.25) is 0 Å². The number of hydrogen-bond donors (Lipinski definition) is 3. The average Bonchev–Trinajstić information content (AvgIpc) is 2.64. The molecule has 0 aromatic carbocycles. The summed E-state index contributed by atoms with van der Waals surface area (Å²) in [7, 11) is 0. The second kappa shape index (κ2) is 15.6. The molecular weight excluding hydrogens is 332 g/mol. The molecule has 4 atom stereocenters. The van der Waals surface area contributed by atoms with Gasteiger partial charge in [-0.1, -0.05) is 76.9 Å². The molecule has 0 bridgehead atoms. The fourth-order valence-electron chi connectivity index (χ4n) is 3.20. The minimum Gasteiger partial charge on any atom is -0.388 e. The summed E-state index contributed by atoms with van der Waals surface area (Å²) >= 11 is 0. The summed E-state index contributed by atoms with van der Waals surface area (Å²) in [4.78, 5) is 0. The number of allylic oxidation sites excluding steroid dienone is 1. The number of ether oxygens (including phenoxy) is 2. The van der Waals surface area contributed by atoms with E-state index in [9.17, 15) is 15.3 Å². The van der Waals surface area contributed by atoms with Crippen molar-refractivity contribution in [2.45, 2.75) is 102 Å². The summed E-state index contributed by atoms with van der Waals surface area (Å²) in [5.74, 6) is 0. The number of aliphatic hydroxyl groups excluding tert-OH is 3. The molecule has 1 aliphatic rings. The van der Waals surface area contributed by atoms with Gasteiger partial charge in [0.05, 0.1) is 19.8 Å². The number of rotatable bonds is 15. The summed E-state index contributed by atoms with van der Waals surface area (Å²) in [6, 6.07) is 0. The van der Waals surface area contributed by atoms with Crippen LogP contribution in [0.4, 0.5) is 0 Å². The zero-order valence-electron chi connectivity index (χ0n) is 16.5. The molecule has 0 aromatic heterocycles. The van der Waals surface area contributed by atoms with E-state index in [2.05, 4.69) is 13.0 Å². The highest BCUT2D eigenvalue weighted by Crippen LogP contribution is 2.16. The molecule has 0 unspecified atom stereocenters. The van der Waals surface area contributed by atoms with Gasteiger partial charge in [-0.2, -0.15) is 0 Å². The summed E-state index contributed by atoms with van der Waals surface area (Å²) in [6.45, 7) is 2.98. The molecule has 1 aliphatic heterocycles. The van der Waals surface area contributed by atoms with Crippen LogP contribution in [0.1, 0.15) is 77.6 Å². The van der Waals surface area contributed by atoms with E-state index in [1.165, 1.54) is 64.2 Å². The maximum absolute atomic E-state index is 9.79. The Morgan fingerprint density at radius 3 is 2.12 bits per heavy atom. The maximum Gasteiger partial charge on any atom is 0.111 e. The van der Waals surface area contributed by atoms with Crippen molar-refractivity contribution in [3.63, 3.8) is 0 Å². The smallest absolute Gasteiger partial charge is 0.111 e. The van der Waals surface area contributed by atoms with E-state index in [4.69, 9.17) is 9.47 Å². The van der Waals surface area contributed by atoms with E-state index in [0.717, 1.165) is 6.42 Å². The van der Waals surface area contributed by atoms with Crippen molar-refractivity contribution in [3.8, 4) is 0 Å². The molecule has 5 nitrogen and oxygen atoms in total. The van der Waals surface area contributed by atoms with E-state index < -0.39 is 24.4 Å². The van der Waals surface area contributed by atoms with Crippen LogP contribution in [-0.4, -0.2) is 59.6 Å². The van der Waals surface area contributed by atoms with Crippen LogP contribution in [0.2, 0.25) is 0 Å². The molecule has 26 heavy (non-hydrogen) atoms. The quantitative estimate of drug-likeness (QED) is 0.303. The molecule has 0 aromatic rings. The van der Waals surface area contributed by atoms with Crippen LogP contribution >= 0.6 is 0 Å². The molecule has 0 saturated carbocycles. The van der Waals surface area contributed by atoms with Crippen LogP contribution in [0.3, 0.4) is 0 Å². The van der Waals surface area contributed by atoms with Crippen molar-refractivity contribution in [1.82, 2.24) is 0 Å². The predicted octanol–water partition coefficient (Wildman–Crippen LogP) is 3.35. The van der Waals surface area contributed by atoms with Gasteiger partial charge in [0.15, 0.2) is 0 Å². The first-order valence-corrected chi connectivity index (χ1v) is 10.5. The molecule has 1 rings (SSSR count). The van der Waals surface area contributed by atoms with Gasteiger partial charge in [-0.05, 0) is 12.8 Å². The first-order chi connectivity index (χ1) is 12.7. The molecule has 0 spiro atoms. The second-order valence-corrected chi connectivity index (χ2v) is 7.40. The van der Waals surface area contributed by atoms with E-state index in [1.807, 2.05) is 6.08 Å². The van der Waals surface area contributed by atoms with Crippen LogP contribution in [0.5, 0.6) is 0 Å². The first-order valence-electron chi connectivity index (χ1n) is 10.5. The summed E-state index contributed by atoms with van der Waals surface area (Å²) in [5.41, 5.74) is 0. The molecule has 1 heterocycles. The number of hydrogen-bond acceptors (Lipinski definition) is 5. The maximum atomic E-state index is 9.79. The van der Waals surface area contributed by atoms with Gasteiger partial charge in [-0.15, -0.1) is 0 Å². The normalized spacial score (nSPS) is 26.6. The standard InChI is InChI=1S/C21H40O5/c1-2-3-4-5-6-7-8-9-10-11-12-13-14-15-25-17-19-21(24)20(23)18(22)16-26-19/h13-14,18-24H,2-12,15-17H2,1H3/b14-13+/t18-,19+,20+,21+/m0/s1. The van der Waals surface area contributed by atoms with Gasteiger partial charge in [0.25, 0.3) is 0 Å². The second-order valence-electron chi connectivity index (χ2n) is 7.40. The Kier molecular flexibility index (Phi) is 14.1. The van der Waals surface area contributed by atoms with E-state index >= 15 is 0 Å². The van der Waals surface area contributed by atoms with Gasteiger partial charge in [-0.25, -0.2) is 0 Å². The fourth-order valence-corrected chi connectivity index (χ4v) is 3.20. The van der Waals surface area contributed by atoms with Gasteiger partial charge in [-0.3, -0.25) is 0 Å². The third-order valence-corrected chi connectivity index (χ3v) is 4.99. The van der Waals surface area contributed by atoms with E-state index in [-0.39, 0.29) is 13.2 Å². The van der Waals surface area contributed by atoms with E-state index in [1.54, 1.807) is 0 Å². The van der Waals surface area contributed by atoms with Gasteiger partial charge < -0.3 is 24.8 Å². The molecule has 1 fully saturated rings. The molecule has 0 radical (unpaired) electrons. The van der Waals surface area contributed by atoms with Crippen molar-refractivity contribution < 1.29 is 24.8 Å². The van der Waals surface area contributed by atoms with Crippen LogP contribution in [-0.2, 0) is 9.47 Å². The zero-order valence-corrected chi connectivity index (χ0v) is 16.5. The van der Waals surface area contributed by atoms with E-state index in [0.29, 0.717) is 6.61 Å². The molecule has 0 amide bonds. The fraction of sp³-hybridized carbons (Fsp3) is 0.905. The van der Waals surface area contributed by atoms with Crippen LogP contribution in [0, 0.1) is 0 Å². The highest BCUT2D eigenvalue weighted by Gasteiger charge is 2.37. The molecular formula is C21H40O5. The van der Waals surface area contributed by atoms with Gasteiger partial charge in [0, 0.05) is 0 Å². The molecule has 1 saturated heterocycles. The molecule has 0 aliphatic carbocycles. The van der Waals surface area contributed by atoms with Crippen molar-refractivity contribution >= 4 is 0 Å². The lowest BCUT2D eigenvalue weighted by atomic mass is 10.0. The first kappa shape index (κ1) is 23.6. The van der Waals surface area contributed by atoms with Crippen LogP contribution < -0.4 is 0 Å². The van der Waals surface area contributed by atoms with Gasteiger partial charge >= 0.3 is 0 Å². The summed E-state index contributed by atoms with van der Waals surface area (Å²) in [5, 5.41) is 28.8. The highest BCUT2D eigenvalue weighted by molar-refractivity contribution is 4.87. The Morgan fingerprint density at radius 1 is 0.846 bits per heavy atom. The zero-order chi connectivity index (χ0) is 19.0.